The maximum Gasteiger partial charge on any atom is 0.326 e. The van der Waals surface area contributed by atoms with Crippen molar-refractivity contribution in [3.05, 3.63) is 0 Å². The minimum absolute atomic E-state index is 0.102. The normalized spacial score (nSPS) is 18.6. The van der Waals surface area contributed by atoms with Crippen LogP contribution in [-0.4, -0.2) is 49.2 Å². The van der Waals surface area contributed by atoms with Gasteiger partial charge in [0.15, 0.2) is 0 Å². The molecule has 1 rings (SSSR count). The minimum atomic E-state index is -0.528. The Morgan fingerprint density at radius 1 is 1.29 bits per heavy atom. The van der Waals surface area contributed by atoms with Crippen molar-refractivity contribution in [3.8, 4) is 0 Å². The Kier molecular flexibility index (Phi) is 6.67. The third-order valence-electron chi connectivity index (χ3n) is 3.79. The second-order valence-corrected chi connectivity index (χ2v) is 7.87. The fourth-order valence-corrected chi connectivity index (χ4v) is 2.79. The summed E-state index contributed by atoms with van der Waals surface area (Å²) in [5, 5.41) is 3.48. The Hall–Kier alpha value is -0.610. The van der Waals surface area contributed by atoms with Crippen LogP contribution in [0.15, 0.2) is 0 Å². The van der Waals surface area contributed by atoms with E-state index in [-0.39, 0.29) is 5.97 Å². The predicted octanol–water partition coefficient (Wildman–Crippen LogP) is 2.82. The highest BCUT2D eigenvalue weighted by atomic mass is 16.5. The van der Waals surface area contributed by atoms with Crippen molar-refractivity contribution in [2.75, 3.05) is 26.7 Å². The first-order chi connectivity index (χ1) is 9.66. The Bertz CT molecular complexity index is 334. The highest BCUT2D eigenvalue weighted by molar-refractivity contribution is 5.80. The first-order valence-electron chi connectivity index (χ1n) is 8.30. The van der Waals surface area contributed by atoms with Crippen LogP contribution in [0.25, 0.3) is 0 Å². The average molecular weight is 298 g/mol. The minimum Gasteiger partial charge on any atom is -0.465 e. The van der Waals surface area contributed by atoms with Gasteiger partial charge < -0.3 is 9.64 Å². The van der Waals surface area contributed by atoms with Gasteiger partial charge >= 0.3 is 5.97 Å². The van der Waals surface area contributed by atoms with Crippen LogP contribution in [0.4, 0.5) is 0 Å². The van der Waals surface area contributed by atoms with Crippen LogP contribution < -0.4 is 5.32 Å². The number of rotatable bonds is 9. The summed E-state index contributed by atoms with van der Waals surface area (Å²) >= 11 is 0. The number of esters is 1. The lowest BCUT2D eigenvalue weighted by Gasteiger charge is -2.31. The predicted molar refractivity (Wildman–Crippen MR) is 87.4 cm³/mol. The van der Waals surface area contributed by atoms with E-state index >= 15 is 0 Å². The van der Waals surface area contributed by atoms with Gasteiger partial charge in [0.2, 0.25) is 0 Å². The molecule has 0 heterocycles. The lowest BCUT2D eigenvalue weighted by Crippen LogP contribution is -2.51. The van der Waals surface area contributed by atoms with Crippen molar-refractivity contribution in [1.29, 1.82) is 0 Å². The largest absolute Gasteiger partial charge is 0.465 e. The molecule has 0 bridgehead atoms. The quantitative estimate of drug-likeness (QED) is 0.665. The van der Waals surface area contributed by atoms with Crippen LogP contribution >= 0.6 is 0 Å². The van der Waals surface area contributed by atoms with Crippen molar-refractivity contribution in [1.82, 2.24) is 10.2 Å². The lowest BCUT2D eigenvalue weighted by atomic mass is 9.94. The van der Waals surface area contributed by atoms with Crippen molar-refractivity contribution in [2.45, 2.75) is 71.9 Å². The molecule has 0 aromatic heterocycles. The first-order valence-corrected chi connectivity index (χ1v) is 8.30. The molecule has 0 radical (unpaired) electrons. The Morgan fingerprint density at radius 3 is 2.38 bits per heavy atom. The number of hydrogen-bond acceptors (Lipinski definition) is 4. The van der Waals surface area contributed by atoms with Crippen LogP contribution in [0.5, 0.6) is 0 Å². The van der Waals surface area contributed by atoms with E-state index in [0.717, 1.165) is 25.9 Å². The molecule has 1 N–H and O–H groups in total. The van der Waals surface area contributed by atoms with Crippen LogP contribution in [-0.2, 0) is 9.53 Å². The van der Waals surface area contributed by atoms with E-state index in [1.807, 2.05) is 13.8 Å². The first kappa shape index (κ1) is 18.4. The summed E-state index contributed by atoms with van der Waals surface area (Å²) in [7, 11) is 2.15. The molecule has 1 fully saturated rings. The van der Waals surface area contributed by atoms with E-state index in [0.29, 0.717) is 18.1 Å². The summed E-state index contributed by atoms with van der Waals surface area (Å²) in [5.41, 5.74) is -0.217. The van der Waals surface area contributed by atoms with Gasteiger partial charge in [0, 0.05) is 12.6 Å². The number of ether oxygens (including phenoxy) is 1. The van der Waals surface area contributed by atoms with E-state index in [9.17, 15) is 4.79 Å². The van der Waals surface area contributed by atoms with Crippen molar-refractivity contribution < 1.29 is 9.53 Å². The zero-order chi connectivity index (χ0) is 16.1. The Morgan fingerprint density at radius 2 is 1.90 bits per heavy atom. The van der Waals surface area contributed by atoms with Gasteiger partial charge in [-0.25, -0.2) is 0 Å². The molecule has 0 spiro atoms. The van der Waals surface area contributed by atoms with Gasteiger partial charge in [0.05, 0.1) is 6.61 Å². The molecule has 0 aliphatic heterocycles. The summed E-state index contributed by atoms with van der Waals surface area (Å²) in [6.45, 7) is 13.1. The Balaban J connectivity index is 2.43. The monoisotopic (exact) mass is 298 g/mol. The molecule has 124 valence electrons. The standard InChI is InChI=1S/C17H34N2O2/c1-7-21-15(20)17(5,18-14-9-10-14)11-8-12-19(6)13-16(2,3)4/h14,18H,7-13H2,1-6H3. The molecule has 21 heavy (non-hydrogen) atoms. The van der Waals surface area contributed by atoms with Gasteiger partial charge in [0.25, 0.3) is 0 Å². The molecular weight excluding hydrogens is 264 g/mol. The molecule has 1 aliphatic rings. The van der Waals surface area contributed by atoms with Crippen LogP contribution in [0, 0.1) is 5.41 Å². The molecule has 1 saturated carbocycles. The third kappa shape index (κ3) is 7.28. The van der Waals surface area contributed by atoms with Crippen molar-refractivity contribution in [2.24, 2.45) is 5.41 Å². The smallest absolute Gasteiger partial charge is 0.326 e. The second-order valence-electron chi connectivity index (χ2n) is 7.87. The van der Waals surface area contributed by atoms with Crippen molar-refractivity contribution in [3.63, 3.8) is 0 Å². The van der Waals surface area contributed by atoms with Gasteiger partial charge in [0.1, 0.15) is 5.54 Å². The van der Waals surface area contributed by atoms with Crippen molar-refractivity contribution >= 4 is 5.97 Å². The van der Waals surface area contributed by atoms with E-state index in [4.69, 9.17) is 4.74 Å². The summed E-state index contributed by atoms with van der Waals surface area (Å²) in [4.78, 5) is 14.6. The summed E-state index contributed by atoms with van der Waals surface area (Å²) in [5.74, 6) is -0.102. The third-order valence-corrected chi connectivity index (χ3v) is 3.79. The average Bonchev–Trinajstić information content (AvgIpc) is 3.10. The number of hydrogen-bond donors (Lipinski definition) is 1. The zero-order valence-electron chi connectivity index (χ0n) is 14.8. The fraction of sp³-hybridized carbons (Fsp3) is 0.941. The van der Waals surface area contributed by atoms with E-state index < -0.39 is 5.54 Å². The van der Waals surface area contributed by atoms with E-state index in [1.54, 1.807) is 0 Å². The zero-order valence-corrected chi connectivity index (χ0v) is 14.8. The van der Waals surface area contributed by atoms with Gasteiger partial charge in [-0.1, -0.05) is 20.8 Å². The fourth-order valence-electron chi connectivity index (χ4n) is 2.79. The number of nitrogens with zero attached hydrogens (tertiary/aromatic N) is 1. The molecule has 4 nitrogen and oxygen atoms in total. The van der Waals surface area contributed by atoms with Crippen LogP contribution in [0.1, 0.15) is 60.3 Å². The van der Waals surface area contributed by atoms with Gasteiger partial charge in [-0.15, -0.1) is 0 Å². The van der Waals surface area contributed by atoms with Crippen LogP contribution in [0.3, 0.4) is 0 Å². The van der Waals surface area contributed by atoms with Gasteiger partial charge in [-0.2, -0.15) is 0 Å². The molecule has 1 unspecified atom stereocenters. The molecule has 0 amide bonds. The lowest BCUT2D eigenvalue weighted by molar-refractivity contribution is -0.151. The van der Waals surface area contributed by atoms with E-state index in [1.165, 1.54) is 12.8 Å². The maximum atomic E-state index is 12.2. The van der Waals surface area contributed by atoms with Crippen LogP contribution in [0.2, 0.25) is 0 Å². The molecular formula is C17H34N2O2. The number of carbonyl (C=O) groups is 1. The SMILES string of the molecule is CCOC(=O)C(C)(CCCN(C)CC(C)(C)C)NC1CC1. The maximum absolute atomic E-state index is 12.2. The highest BCUT2D eigenvalue weighted by Crippen LogP contribution is 2.26. The molecule has 1 aliphatic carbocycles. The molecule has 0 aromatic rings. The summed E-state index contributed by atoms with van der Waals surface area (Å²) in [6, 6.07) is 0.506. The summed E-state index contributed by atoms with van der Waals surface area (Å²) < 4.78 is 5.26. The van der Waals surface area contributed by atoms with E-state index in [2.05, 4.69) is 38.0 Å². The molecule has 0 aromatic carbocycles. The van der Waals surface area contributed by atoms with Gasteiger partial charge in [-0.05, 0) is 58.5 Å². The highest BCUT2D eigenvalue weighted by Gasteiger charge is 2.39. The summed E-state index contributed by atoms with van der Waals surface area (Å²) in [6.07, 6.45) is 4.19. The topological polar surface area (TPSA) is 41.6 Å². The molecule has 1 atom stereocenters. The Labute approximate surface area is 130 Å². The molecule has 0 saturated heterocycles. The number of carbonyl (C=O) groups excluding carboxylic acids is 1. The second kappa shape index (κ2) is 7.59. The van der Waals surface area contributed by atoms with Gasteiger partial charge in [-0.3, -0.25) is 10.1 Å². The molecule has 4 heteroatoms. The number of nitrogens with one attached hydrogen (secondary N) is 1.